The molecule has 2 N–H and O–H groups in total. The minimum Gasteiger partial charge on any atom is -0.480 e. The van der Waals surface area contributed by atoms with Gasteiger partial charge in [0.2, 0.25) is 0 Å². The van der Waals surface area contributed by atoms with E-state index in [-0.39, 0.29) is 12.2 Å². The number of anilines is 1. The van der Waals surface area contributed by atoms with Crippen LogP contribution in [0, 0.1) is 0 Å². The Morgan fingerprint density at radius 2 is 2.21 bits per heavy atom. The van der Waals surface area contributed by atoms with Gasteiger partial charge in [-0.2, -0.15) is 0 Å². The van der Waals surface area contributed by atoms with Gasteiger partial charge in [-0.25, -0.2) is 9.67 Å². The topological polar surface area (TPSA) is 110 Å². The van der Waals surface area contributed by atoms with E-state index in [2.05, 4.69) is 20.6 Å². The zero-order valence-electron chi connectivity index (χ0n) is 9.45. The molecule has 0 saturated heterocycles. The Kier molecular flexibility index (Phi) is 3.71. The molecule has 1 amide bonds. The lowest BCUT2D eigenvalue weighted by Gasteiger charge is -2.00. The van der Waals surface area contributed by atoms with Gasteiger partial charge in [0.15, 0.2) is 5.69 Å². The number of carboxylic acid groups (broad SMARTS) is 1. The maximum absolute atomic E-state index is 11.8. The van der Waals surface area contributed by atoms with E-state index in [4.69, 9.17) is 16.7 Å². The van der Waals surface area contributed by atoms with Gasteiger partial charge in [0.05, 0.1) is 11.2 Å². The first-order chi connectivity index (χ1) is 9.04. The molecule has 0 saturated carbocycles. The van der Waals surface area contributed by atoms with E-state index in [0.717, 1.165) is 4.68 Å². The molecule has 0 unspecified atom stereocenters. The number of rotatable bonds is 4. The van der Waals surface area contributed by atoms with E-state index in [0.29, 0.717) is 10.8 Å². The minimum atomic E-state index is -1.07. The first-order valence-corrected chi connectivity index (χ1v) is 5.47. The van der Waals surface area contributed by atoms with Crippen LogP contribution in [0.1, 0.15) is 10.5 Å². The molecular formula is C10H8ClN5O3. The summed E-state index contributed by atoms with van der Waals surface area (Å²) in [5.41, 5.74) is -0.00185. The van der Waals surface area contributed by atoms with E-state index < -0.39 is 11.9 Å². The van der Waals surface area contributed by atoms with Gasteiger partial charge in [0.1, 0.15) is 12.4 Å². The van der Waals surface area contributed by atoms with E-state index in [9.17, 15) is 9.59 Å². The summed E-state index contributed by atoms with van der Waals surface area (Å²) in [4.78, 5) is 26.1. The number of carbonyl (C=O) groups is 2. The largest absolute Gasteiger partial charge is 0.480 e. The van der Waals surface area contributed by atoms with E-state index in [1.165, 1.54) is 18.5 Å². The van der Waals surface area contributed by atoms with Gasteiger partial charge in [-0.3, -0.25) is 9.59 Å². The molecule has 0 spiro atoms. The third-order valence-corrected chi connectivity index (χ3v) is 2.26. The van der Waals surface area contributed by atoms with Crippen LogP contribution in [0.3, 0.4) is 0 Å². The van der Waals surface area contributed by atoms with Crippen molar-refractivity contribution in [3.05, 3.63) is 35.2 Å². The first-order valence-electron chi connectivity index (χ1n) is 5.09. The van der Waals surface area contributed by atoms with Gasteiger partial charge < -0.3 is 10.4 Å². The molecule has 98 valence electrons. The summed E-state index contributed by atoms with van der Waals surface area (Å²) in [5, 5.41) is 18.6. The number of amides is 1. The number of pyridine rings is 1. The fraction of sp³-hybridized carbons (Fsp3) is 0.100. The highest BCUT2D eigenvalue weighted by Crippen LogP contribution is 2.10. The van der Waals surface area contributed by atoms with E-state index in [1.54, 1.807) is 6.07 Å². The smallest absolute Gasteiger partial charge is 0.325 e. The van der Waals surface area contributed by atoms with Crippen molar-refractivity contribution in [1.82, 2.24) is 20.0 Å². The fourth-order valence-corrected chi connectivity index (χ4v) is 1.36. The zero-order valence-corrected chi connectivity index (χ0v) is 10.2. The summed E-state index contributed by atoms with van der Waals surface area (Å²) in [5.74, 6) is -1.30. The lowest BCUT2D eigenvalue weighted by atomic mass is 10.4. The fourth-order valence-electron chi connectivity index (χ4n) is 1.25. The number of aromatic nitrogens is 4. The molecule has 0 fully saturated rings. The zero-order chi connectivity index (χ0) is 13.8. The molecule has 0 aliphatic rings. The predicted octanol–water partition coefficient (Wildman–Crippen LogP) is 0.663. The van der Waals surface area contributed by atoms with Gasteiger partial charge in [0.25, 0.3) is 5.91 Å². The van der Waals surface area contributed by atoms with Crippen molar-refractivity contribution in [3.8, 4) is 0 Å². The number of nitrogens with zero attached hydrogens (tertiary/aromatic N) is 4. The van der Waals surface area contributed by atoms with Gasteiger partial charge >= 0.3 is 5.97 Å². The van der Waals surface area contributed by atoms with Gasteiger partial charge in [-0.05, 0) is 12.1 Å². The normalized spacial score (nSPS) is 10.2. The van der Waals surface area contributed by atoms with Crippen LogP contribution in [0.15, 0.2) is 24.5 Å². The van der Waals surface area contributed by atoms with Crippen molar-refractivity contribution in [3.63, 3.8) is 0 Å². The highest BCUT2D eigenvalue weighted by molar-refractivity contribution is 6.30. The van der Waals surface area contributed by atoms with Crippen molar-refractivity contribution < 1.29 is 14.7 Å². The maximum Gasteiger partial charge on any atom is 0.325 e. The van der Waals surface area contributed by atoms with Crippen molar-refractivity contribution in [2.24, 2.45) is 0 Å². The number of nitrogens with one attached hydrogen (secondary N) is 1. The van der Waals surface area contributed by atoms with Gasteiger partial charge in [0, 0.05) is 6.20 Å². The number of hydrogen-bond donors (Lipinski definition) is 2. The Morgan fingerprint density at radius 1 is 1.42 bits per heavy atom. The van der Waals surface area contributed by atoms with E-state index in [1.807, 2.05) is 0 Å². The highest BCUT2D eigenvalue weighted by atomic mass is 35.5. The lowest BCUT2D eigenvalue weighted by molar-refractivity contribution is -0.137. The second kappa shape index (κ2) is 5.44. The molecule has 0 aliphatic carbocycles. The summed E-state index contributed by atoms with van der Waals surface area (Å²) in [6.07, 6.45) is 2.62. The third kappa shape index (κ3) is 3.49. The highest BCUT2D eigenvalue weighted by Gasteiger charge is 2.12. The molecule has 2 rings (SSSR count). The van der Waals surface area contributed by atoms with Crippen LogP contribution < -0.4 is 5.32 Å². The Morgan fingerprint density at radius 3 is 2.84 bits per heavy atom. The average Bonchev–Trinajstić information content (AvgIpc) is 2.80. The number of halogens is 1. The quantitative estimate of drug-likeness (QED) is 0.852. The molecule has 0 atom stereocenters. The Labute approximate surface area is 112 Å². The van der Waals surface area contributed by atoms with Crippen LogP contribution >= 0.6 is 11.6 Å². The van der Waals surface area contributed by atoms with Crippen LogP contribution in [0.5, 0.6) is 0 Å². The van der Waals surface area contributed by atoms with Crippen molar-refractivity contribution in [2.45, 2.75) is 6.54 Å². The summed E-state index contributed by atoms with van der Waals surface area (Å²) >= 11 is 5.66. The third-order valence-electron chi connectivity index (χ3n) is 2.04. The SMILES string of the molecule is O=C(O)Cn1cc(C(=O)Nc2ccc(Cl)cn2)nn1. The summed E-state index contributed by atoms with van der Waals surface area (Å²) in [6.45, 7) is -0.362. The standard InChI is InChI=1S/C10H8ClN5O3/c11-6-1-2-8(12-3-6)13-10(19)7-4-16(15-14-7)5-9(17)18/h1-4H,5H2,(H,17,18)(H,12,13,19). The van der Waals surface area contributed by atoms with Crippen LogP contribution in [0.2, 0.25) is 5.02 Å². The Bertz CT molecular complexity index is 610. The molecule has 9 heteroatoms. The van der Waals surface area contributed by atoms with Crippen LogP contribution in [0.4, 0.5) is 5.82 Å². The van der Waals surface area contributed by atoms with Crippen LogP contribution in [-0.4, -0.2) is 37.0 Å². The number of carboxylic acids is 1. The molecule has 8 nitrogen and oxygen atoms in total. The molecule has 0 aliphatic heterocycles. The van der Waals surface area contributed by atoms with E-state index >= 15 is 0 Å². The van der Waals surface area contributed by atoms with Crippen molar-refractivity contribution >= 4 is 29.3 Å². The predicted molar refractivity (Wildman–Crippen MR) is 64.9 cm³/mol. The number of carbonyl (C=O) groups excluding carboxylic acids is 1. The molecule has 2 heterocycles. The molecule has 19 heavy (non-hydrogen) atoms. The first kappa shape index (κ1) is 13.0. The molecule has 0 radical (unpaired) electrons. The second-order valence-corrected chi connectivity index (χ2v) is 3.95. The Hall–Kier alpha value is -2.48. The maximum atomic E-state index is 11.8. The van der Waals surface area contributed by atoms with Crippen LogP contribution in [-0.2, 0) is 11.3 Å². The summed E-state index contributed by atoms with van der Waals surface area (Å²) in [6, 6.07) is 3.10. The average molecular weight is 282 g/mol. The minimum absolute atomic E-state index is 0.00185. The lowest BCUT2D eigenvalue weighted by Crippen LogP contribution is -2.13. The van der Waals surface area contributed by atoms with Gasteiger partial charge in [-0.15, -0.1) is 5.10 Å². The monoisotopic (exact) mass is 281 g/mol. The second-order valence-electron chi connectivity index (χ2n) is 3.51. The van der Waals surface area contributed by atoms with Crippen molar-refractivity contribution in [1.29, 1.82) is 0 Å². The number of aliphatic carboxylic acids is 1. The summed E-state index contributed by atoms with van der Waals surface area (Å²) < 4.78 is 1.05. The van der Waals surface area contributed by atoms with Crippen LogP contribution in [0.25, 0.3) is 0 Å². The molecular weight excluding hydrogens is 274 g/mol. The molecule has 0 bridgehead atoms. The van der Waals surface area contributed by atoms with Gasteiger partial charge in [-0.1, -0.05) is 16.8 Å². The molecule has 0 aromatic carbocycles. The molecule has 2 aromatic rings. The number of hydrogen-bond acceptors (Lipinski definition) is 5. The Balaban J connectivity index is 2.05. The molecule has 2 aromatic heterocycles. The van der Waals surface area contributed by atoms with Crippen molar-refractivity contribution in [2.75, 3.05) is 5.32 Å². The summed E-state index contributed by atoms with van der Waals surface area (Å²) in [7, 11) is 0.